The maximum atomic E-state index is 6.24. The van der Waals surface area contributed by atoms with Crippen molar-refractivity contribution in [3.8, 4) is 11.4 Å². The quantitative estimate of drug-likeness (QED) is 0.233. The molecule has 39 heavy (non-hydrogen) atoms. The summed E-state index contributed by atoms with van der Waals surface area (Å²) in [5.41, 5.74) is 8.95. The fraction of sp³-hybridized carbons (Fsp3) is 0. The first-order chi connectivity index (χ1) is 19.3. The van der Waals surface area contributed by atoms with Crippen molar-refractivity contribution in [2.24, 2.45) is 0 Å². The van der Waals surface area contributed by atoms with E-state index >= 15 is 0 Å². The second-order valence-corrected chi connectivity index (χ2v) is 10.2. The molecule has 0 amide bonds. The molecule has 0 unspecified atom stereocenters. The highest BCUT2D eigenvalue weighted by atomic mass is 16.3. The van der Waals surface area contributed by atoms with Crippen LogP contribution in [0.1, 0.15) is 0 Å². The van der Waals surface area contributed by atoms with Gasteiger partial charge in [-0.2, -0.15) is 0 Å². The van der Waals surface area contributed by atoms with Crippen LogP contribution in [-0.2, 0) is 0 Å². The van der Waals surface area contributed by atoms with Crippen LogP contribution < -0.4 is 0 Å². The van der Waals surface area contributed by atoms with Crippen molar-refractivity contribution >= 4 is 65.6 Å². The van der Waals surface area contributed by atoms with E-state index in [9.17, 15) is 0 Å². The molecule has 3 nitrogen and oxygen atoms in total. The van der Waals surface area contributed by atoms with Crippen LogP contribution in [0.2, 0.25) is 0 Å². The van der Waals surface area contributed by atoms with E-state index in [1.807, 2.05) is 12.1 Å². The van der Waals surface area contributed by atoms with Crippen LogP contribution in [0.5, 0.6) is 0 Å². The number of aromatic nitrogens is 2. The van der Waals surface area contributed by atoms with Crippen LogP contribution in [0.4, 0.5) is 0 Å². The van der Waals surface area contributed by atoms with Crippen LogP contribution in [0.25, 0.3) is 76.9 Å². The number of furan rings is 1. The topological polar surface area (TPSA) is 23.0 Å². The van der Waals surface area contributed by atoms with Crippen molar-refractivity contribution in [3.63, 3.8) is 0 Å². The molecule has 0 atom stereocenters. The summed E-state index contributed by atoms with van der Waals surface area (Å²) in [7, 11) is 0. The Morgan fingerprint density at radius 1 is 0.333 bits per heavy atom. The molecule has 0 radical (unpaired) electrons. The average Bonchev–Trinajstić information content (AvgIpc) is 3.63. The standard InChI is InChI=1S/C36H22N2O/c1-5-13-31-25(9-1)26-10-2-6-14-32(26)37(31)23-17-19-24(20-18-23)38-33-15-7-3-11-27(33)29-22-36-30(21-34(29)38)28-12-4-8-16-35(28)39-36/h1-22H. The zero-order chi connectivity index (χ0) is 25.5. The van der Waals surface area contributed by atoms with Crippen molar-refractivity contribution in [2.45, 2.75) is 0 Å². The van der Waals surface area contributed by atoms with Gasteiger partial charge < -0.3 is 13.6 Å². The van der Waals surface area contributed by atoms with Gasteiger partial charge in [-0.3, -0.25) is 0 Å². The van der Waals surface area contributed by atoms with Gasteiger partial charge in [0, 0.05) is 43.7 Å². The summed E-state index contributed by atoms with van der Waals surface area (Å²) >= 11 is 0. The number of fused-ring (bicyclic) bond motifs is 9. The summed E-state index contributed by atoms with van der Waals surface area (Å²) in [5, 5.41) is 7.26. The van der Waals surface area contributed by atoms with E-state index in [0.717, 1.165) is 33.3 Å². The first-order valence-electron chi connectivity index (χ1n) is 13.3. The number of benzene rings is 6. The van der Waals surface area contributed by atoms with Gasteiger partial charge in [0.25, 0.3) is 0 Å². The van der Waals surface area contributed by atoms with Gasteiger partial charge in [-0.15, -0.1) is 0 Å². The van der Waals surface area contributed by atoms with Gasteiger partial charge in [-0.25, -0.2) is 0 Å². The summed E-state index contributed by atoms with van der Waals surface area (Å²) in [6, 6.07) is 47.7. The molecule has 0 spiro atoms. The van der Waals surface area contributed by atoms with E-state index < -0.39 is 0 Å². The summed E-state index contributed by atoms with van der Waals surface area (Å²) in [6.45, 7) is 0. The van der Waals surface area contributed by atoms with Gasteiger partial charge in [-0.1, -0.05) is 72.8 Å². The Balaban J connectivity index is 1.30. The average molecular weight is 499 g/mol. The second kappa shape index (κ2) is 7.62. The summed E-state index contributed by atoms with van der Waals surface area (Å²) < 4.78 is 11.0. The van der Waals surface area contributed by atoms with Crippen LogP contribution in [0, 0.1) is 0 Å². The Kier molecular flexibility index (Phi) is 4.05. The lowest BCUT2D eigenvalue weighted by atomic mass is 10.1. The van der Waals surface area contributed by atoms with E-state index in [1.54, 1.807) is 0 Å². The molecule has 0 aliphatic carbocycles. The van der Waals surface area contributed by atoms with Gasteiger partial charge in [-0.05, 0) is 60.7 Å². The molecule has 3 aromatic heterocycles. The fourth-order valence-corrected chi connectivity index (χ4v) is 6.42. The minimum absolute atomic E-state index is 0.923. The Morgan fingerprint density at radius 2 is 0.795 bits per heavy atom. The predicted molar refractivity (Wildman–Crippen MR) is 162 cm³/mol. The third kappa shape index (κ3) is 2.82. The largest absolute Gasteiger partial charge is 0.456 e. The van der Waals surface area contributed by atoms with Gasteiger partial charge in [0.1, 0.15) is 11.2 Å². The first kappa shape index (κ1) is 20.7. The number of hydrogen-bond donors (Lipinski definition) is 0. The lowest BCUT2D eigenvalue weighted by molar-refractivity contribution is 0.669. The summed E-state index contributed by atoms with van der Waals surface area (Å²) in [4.78, 5) is 0. The molecule has 0 fully saturated rings. The van der Waals surface area contributed by atoms with E-state index in [4.69, 9.17) is 4.42 Å². The number of rotatable bonds is 2. The van der Waals surface area contributed by atoms with Gasteiger partial charge >= 0.3 is 0 Å². The first-order valence-corrected chi connectivity index (χ1v) is 13.3. The highest BCUT2D eigenvalue weighted by molar-refractivity contribution is 6.17. The van der Waals surface area contributed by atoms with E-state index in [2.05, 4.69) is 130 Å². The highest BCUT2D eigenvalue weighted by Crippen LogP contribution is 2.38. The fourth-order valence-electron chi connectivity index (χ4n) is 6.42. The molecule has 182 valence electrons. The minimum Gasteiger partial charge on any atom is -0.456 e. The van der Waals surface area contributed by atoms with E-state index in [0.29, 0.717) is 0 Å². The Labute approximate surface area is 223 Å². The zero-order valence-corrected chi connectivity index (χ0v) is 21.0. The van der Waals surface area contributed by atoms with Crippen molar-refractivity contribution < 1.29 is 4.42 Å². The van der Waals surface area contributed by atoms with Gasteiger partial charge in [0.2, 0.25) is 0 Å². The molecule has 0 saturated heterocycles. The predicted octanol–water partition coefficient (Wildman–Crippen LogP) is 9.78. The smallest absolute Gasteiger partial charge is 0.136 e. The third-order valence-electron chi connectivity index (χ3n) is 8.12. The molecule has 3 heterocycles. The van der Waals surface area contributed by atoms with Crippen molar-refractivity contribution in [3.05, 3.63) is 133 Å². The molecular weight excluding hydrogens is 476 g/mol. The van der Waals surface area contributed by atoms with Crippen molar-refractivity contribution in [2.75, 3.05) is 0 Å². The number of nitrogens with zero attached hydrogens (tertiary/aromatic N) is 2. The van der Waals surface area contributed by atoms with Gasteiger partial charge in [0.15, 0.2) is 0 Å². The molecule has 0 aliphatic rings. The maximum absolute atomic E-state index is 6.24. The molecule has 9 rings (SSSR count). The second-order valence-electron chi connectivity index (χ2n) is 10.2. The molecule has 9 aromatic rings. The Morgan fingerprint density at radius 3 is 1.38 bits per heavy atom. The third-order valence-corrected chi connectivity index (χ3v) is 8.12. The minimum atomic E-state index is 0.923. The summed E-state index contributed by atoms with van der Waals surface area (Å²) in [5.74, 6) is 0. The van der Waals surface area contributed by atoms with Gasteiger partial charge in [0.05, 0.1) is 22.1 Å². The van der Waals surface area contributed by atoms with E-state index in [-0.39, 0.29) is 0 Å². The van der Waals surface area contributed by atoms with E-state index in [1.165, 1.54) is 43.6 Å². The van der Waals surface area contributed by atoms with Crippen molar-refractivity contribution in [1.82, 2.24) is 9.13 Å². The Hall–Kier alpha value is -5.28. The number of para-hydroxylation sites is 4. The van der Waals surface area contributed by atoms with Crippen LogP contribution in [0.3, 0.4) is 0 Å². The molecular formula is C36H22N2O. The SMILES string of the molecule is c1ccc2c(c1)oc1cc3c4ccccc4n(-c4ccc(-n5c6ccccc6c6ccccc65)cc4)c3cc12. The molecule has 0 saturated carbocycles. The van der Waals surface area contributed by atoms with Crippen LogP contribution in [0.15, 0.2) is 138 Å². The van der Waals surface area contributed by atoms with Crippen LogP contribution in [-0.4, -0.2) is 9.13 Å². The zero-order valence-electron chi connectivity index (χ0n) is 21.0. The summed E-state index contributed by atoms with van der Waals surface area (Å²) in [6.07, 6.45) is 0. The lowest BCUT2D eigenvalue weighted by Crippen LogP contribution is -1.97. The number of hydrogen-bond acceptors (Lipinski definition) is 1. The molecule has 0 N–H and O–H groups in total. The monoisotopic (exact) mass is 498 g/mol. The molecule has 6 aromatic carbocycles. The maximum Gasteiger partial charge on any atom is 0.136 e. The normalized spacial score (nSPS) is 12.1. The Bertz CT molecular complexity index is 2330. The highest BCUT2D eigenvalue weighted by Gasteiger charge is 2.17. The van der Waals surface area contributed by atoms with Crippen LogP contribution >= 0.6 is 0 Å². The van der Waals surface area contributed by atoms with Crippen molar-refractivity contribution in [1.29, 1.82) is 0 Å². The lowest BCUT2D eigenvalue weighted by Gasteiger charge is -2.11. The molecule has 0 aliphatic heterocycles. The molecule has 0 bridgehead atoms. The molecule has 3 heteroatoms.